The average Bonchev–Trinajstić information content (AvgIpc) is 2.27. The van der Waals surface area contributed by atoms with Crippen molar-refractivity contribution in [2.75, 3.05) is 0 Å². The number of hydrogen-bond acceptors (Lipinski definition) is 3. The van der Waals surface area contributed by atoms with Crippen molar-refractivity contribution < 1.29 is 4.42 Å². The Hall–Kier alpha value is -1.84. The molecule has 0 fully saturated rings. The number of rotatable bonds is 0. The van der Waals surface area contributed by atoms with Gasteiger partial charge in [0.15, 0.2) is 5.58 Å². The fourth-order valence-electron chi connectivity index (χ4n) is 3.12. The molecule has 0 spiro atoms. The lowest BCUT2D eigenvalue weighted by atomic mass is 9.82. The zero-order chi connectivity index (χ0) is 13.1. The van der Waals surface area contributed by atoms with Crippen molar-refractivity contribution in [2.45, 2.75) is 38.6 Å². The molecule has 0 aliphatic carbocycles. The summed E-state index contributed by atoms with van der Waals surface area (Å²) < 4.78 is 6.70. The van der Waals surface area contributed by atoms with Crippen LogP contribution in [0.5, 0.6) is 0 Å². The van der Waals surface area contributed by atoms with E-state index in [1.54, 1.807) is 10.6 Å². The largest absolute Gasteiger partial charge is 0.417 e. The van der Waals surface area contributed by atoms with Gasteiger partial charge in [-0.05, 0) is 37.8 Å². The SMILES string of the molecule is C[C@H]1CC(C)(C)n2c(=O)c(=O)oc3cccc1c32. The monoisotopic (exact) mass is 245 g/mol. The lowest BCUT2D eigenvalue weighted by molar-refractivity contribution is 0.284. The van der Waals surface area contributed by atoms with Crippen LogP contribution in [0.25, 0.3) is 11.1 Å². The molecular weight excluding hydrogens is 230 g/mol. The minimum absolute atomic E-state index is 0.343. The molecule has 0 saturated heterocycles. The molecule has 1 aliphatic heterocycles. The number of nitrogens with zero attached hydrogens (tertiary/aromatic N) is 1. The van der Waals surface area contributed by atoms with Crippen LogP contribution in [-0.4, -0.2) is 4.57 Å². The molecule has 3 rings (SSSR count). The summed E-state index contributed by atoms with van der Waals surface area (Å²) in [6, 6.07) is 5.60. The minimum Gasteiger partial charge on any atom is -0.417 e. The van der Waals surface area contributed by atoms with Gasteiger partial charge in [-0.2, -0.15) is 0 Å². The lowest BCUT2D eigenvalue weighted by Gasteiger charge is -2.36. The quantitative estimate of drug-likeness (QED) is 0.668. The van der Waals surface area contributed by atoms with Gasteiger partial charge < -0.3 is 4.42 Å². The smallest absolute Gasteiger partial charge is 0.402 e. The molecule has 0 saturated carbocycles. The topological polar surface area (TPSA) is 52.2 Å². The molecule has 0 radical (unpaired) electrons. The van der Waals surface area contributed by atoms with Crippen molar-refractivity contribution in [3.63, 3.8) is 0 Å². The molecular formula is C14H15NO3. The first kappa shape index (κ1) is 11.3. The van der Waals surface area contributed by atoms with E-state index in [0.29, 0.717) is 11.5 Å². The number of hydrogen-bond donors (Lipinski definition) is 0. The summed E-state index contributed by atoms with van der Waals surface area (Å²) in [4.78, 5) is 23.7. The Morgan fingerprint density at radius 3 is 2.78 bits per heavy atom. The third-order valence-electron chi connectivity index (χ3n) is 3.78. The highest BCUT2D eigenvalue weighted by molar-refractivity contribution is 5.78. The highest BCUT2D eigenvalue weighted by Gasteiger charge is 2.34. The average molecular weight is 245 g/mol. The highest BCUT2D eigenvalue weighted by atomic mass is 16.4. The molecule has 2 heterocycles. The third-order valence-corrected chi connectivity index (χ3v) is 3.78. The van der Waals surface area contributed by atoms with E-state index in [4.69, 9.17) is 4.42 Å². The number of benzene rings is 1. The van der Waals surface area contributed by atoms with Crippen LogP contribution in [0.3, 0.4) is 0 Å². The molecule has 2 aromatic rings. The van der Waals surface area contributed by atoms with Gasteiger partial charge in [0.1, 0.15) is 0 Å². The summed E-state index contributed by atoms with van der Waals surface area (Å²) in [6.45, 7) is 6.11. The van der Waals surface area contributed by atoms with Crippen LogP contribution in [0.15, 0.2) is 32.2 Å². The zero-order valence-corrected chi connectivity index (χ0v) is 10.7. The molecule has 18 heavy (non-hydrogen) atoms. The fraction of sp³-hybridized carbons (Fsp3) is 0.429. The van der Waals surface area contributed by atoms with Crippen molar-refractivity contribution in [2.24, 2.45) is 0 Å². The standard InChI is InChI=1S/C14H15NO3/c1-8-7-14(2,3)15-11-9(8)5-4-6-10(11)18-13(17)12(15)16/h4-6,8H,7H2,1-3H3/t8-/m0/s1. The molecule has 4 nitrogen and oxygen atoms in total. The van der Waals surface area contributed by atoms with E-state index >= 15 is 0 Å². The molecule has 4 heteroatoms. The van der Waals surface area contributed by atoms with Crippen molar-refractivity contribution in [3.05, 3.63) is 44.5 Å². The van der Waals surface area contributed by atoms with Crippen LogP contribution in [0, 0.1) is 0 Å². The first-order chi connectivity index (χ1) is 8.42. The van der Waals surface area contributed by atoms with Crippen LogP contribution in [0.1, 0.15) is 38.7 Å². The van der Waals surface area contributed by atoms with Crippen molar-refractivity contribution >= 4 is 11.1 Å². The summed E-state index contributed by atoms with van der Waals surface area (Å²) in [5, 5.41) is 0. The lowest BCUT2D eigenvalue weighted by Crippen LogP contribution is -2.46. The Bertz CT molecular complexity index is 752. The van der Waals surface area contributed by atoms with Gasteiger partial charge in [-0.25, -0.2) is 4.79 Å². The molecule has 1 aromatic carbocycles. The Labute approximate surface area is 104 Å². The Balaban J connectivity index is 2.63. The van der Waals surface area contributed by atoms with E-state index in [2.05, 4.69) is 6.92 Å². The van der Waals surface area contributed by atoms with Crippen LogP contribution in [0.4, 0.5) is 0 Å². The van der Waals surface area contributed by atoms with Gasteiger partial charge in [-0.1, -0.05) is 19.1 Å². The molecule has 1 aromatic heterocycles. The Morgan fingerprint density at radius 1 is 1.33 bits per heavy atom. The fourth-order valence-corrected chi connectivity index (χ4v) is 3.12. The van der Waals surface area contributed by atoms with Gasteiger partial charge in [0, 0.05) is 5.54 Å². The molecule has 0 N–H and O–H groups in total. The second-order valence-corrected chi connectivity index (χ2v) is 5.64. The Kier molecular flexibility index (Phi) is 2.09. The van der Waals surface area contributed by atoms with E-state index in [9.17, 15) is 9.59 Å². The van der Waals surface area contributed by atoms with Gasteiger partial charge in [0.05, 0.1) is 5.52 Å². The predicted molar refractivity (Wildman–Crippen MR) is 69.1 cm³/mol. The van der Waals surface area contributed by atoms with E-state index in [0.717, 1.165) is 17.5 Å². The highest BCUT2D eigenvalue weighted by Crippen LogP contribution is 2.39. The summed E-state index contributed by atoms with van der Waals surface area (Å²) >= 11 is 0. The predicted octanol–water partition coefficient (Wildman–Crippen LogP) is 2.20. The number of para-hydroxylation sites is 1. The summed E-state index contributed by atoms with van der Waals surface area (Å²) in [5.74, 6) is 0.343. The van der Waals surface area contributed by atoms with E-state index in [-0.39, 0.29) is 5.54 Å². The van der Waals surface area contributed by atoms with E-state index in [1.165, 1.54) is 0 Å². The second-order valence-electron chi connectivity index (χ2n) is 5.64. The molecule has 94 valence electrons. The van der Waals surface area contributed by atoms with Gasteiger partial charge in [-0.3, -0.25) is 9.36 Å². The maximum absolute atomic E-state index is 12.1. The number of aromatic nitrogens is 1. The molecule has 1 atom stereocenters. The van der Waals surface area contributed by atoms with E-state index < -0.39 is 11.2 Å². The summed E-state index contributed by atoms with van der Waals surface area (Å²) in [6.07, 6.45) is 0.836. The van der Waals surface area contributed by atoms with Gasteiger partial charge in [0.25, 0.3) is 0 Å². The molecule has 0 bridgehead atoms. The maximum atomic E-state index is 12.1. The zero-order valence-electron chi connectivity index (χ0n) is 10.7. The van der Waals surface area contributed by atoms with Crippen molar-refractivity contribution in [3.8, 4) is 0 Å². The third kappa shape index (κ3) is 1.32. The molecule has 1 aliphatic rings. The van der Waals surface area contributed by atoms with Crippen molar-refractivity contribution in [1.29, 1.82) is 0 Å². The van der Waals surface area contributed by atoms with Crippen molar-refractivity contribution in [1.82, 2.24) is 4.57 Å². The van der Waals surface area contributed by atoms with Crippen LogP contribution in [0.2, 0.25) is 0 Å². The van der Waals surface area contributed by atoms with Crippen LogP contribution < -0.4 is 11.2 Å². The normalized spacial score (nSPS) is 21.2. The van der Waals surface area contributed by atoms with Crippen LogP contribution >= 0.6 is 0 Å². The van der Waals surface area contributed by atoms with Crippen LogP contribution in [-0.2, 0) is 5.54 Å². The minimum atomic E-state index is -0.790. The summed E-state index contributed by atoms with van der Waals surface area (Å²) in [5.41, 5.74) is 0.628. The second kappa shape index (κ2) is 3.34. The molecule has 0 unspecified atom stereocenters. The Morgan fingerprint density at radius 2 is 2.06 bits per heavy atom. The van der Waals surface area contributed by atoms with Gasteiger partial charge in [-0.15, -0.1) is 0 Å². The maximum Gasteiger partial charge on any atom is 0.402 e. The summed E-state index contributed by atoms with van der Waals surface area (Å²) in [7, 11) is 0. The first-order valence-corrected chi connectivity index (χ1v) is 6.11. The van der Waals surface area contributed by atoms with Gasteiger partial charge in [0.2, 0.25) is 0 Å². The first-order valence-electron chi connectivity index (χ1n) is 6.11. The van der Waals surface area contributed by atoms with E-state index in [1.807, 2.05) is 26.0 Å². The molecule has 0 amide bonds. The van der Waals surface area contributed by atoms with Gasteiger partial charge >= 0.3 is 11.2 Å².